The van der Waals surface area contributed by atoms with Crippen LogP contribution in [0, 0.1) is 0 Å². The molecule has 0 N–H and O–H groups in total. The van der Waals surface area contributed by atoms with Crippen LogP contribution >= 0.6 is 22.7 Å². The van der Waals surface area contributed by atoms with Gasteiger partial charge in [0.15, 0.2) is 12.6 Å². The molecule has 0 unspecified atom stereocenters. The molecule has 1 spiro atoms. The third kappa shape index (κ3) is 1.54. The van der Waals surface area contributed by atoms with Gasteiger partial charge in [-0.25, -0.2) is 0 Å². The monoisotopic (exact) mass is 318 g/mol. The van der Waals surface area contributed by atoms with Gasteiger partial charge in [-0.1, -0.05) is 19.3 Å². The predicted molar refractivity (Wildman–Crippen MR) is 86.9 cm³/mol. The minimum absolute atomic E-state index is 0.846. The Labute approximate surface area is 126 Å². The number of rotatable bonds is 2. The average Bonchev–Trinajstić information content (AvgIpc) is 3.15. The van der Waals surface area contributed by atoms with Crippen LogP contribution < -0.4 is 10.4 Å². The second kappa shape index (κ2) is 4.48. The smallest absolute Gasteiger partial charge is 0.160 e. The van der Waals surface area contributed by atoms with Crippen LogP contribution in [0.3, 0.4) is 0 Å². The first-order chi connectivity index (χ1) is 9.78. The Bertz CT molecular complexity index is 653. The summed E-state index contributed by atoms with van der Waals surface area (Å²) in [5.41, 5.74) is 0. The fourth-order valence-electron chi connectivity index (χ4n) is 3.82. The van der Waals surface area contributed by atoms with Crippen molar-refractivity contribution in [2.75, 3.05) is 0 Å². The Hall–Kier alpha value is -1.04. The molecule has 5 heteroatoms. The number of carbonyl (C=O) groups is 2. The van der Waals surface area contributed by atoms with Crippen molar-refractivity contribution < 1.29 is 9.59 Å². The van der Waals surface area contributed by atoms with Gasteiger partial charge >= 0.3 is 0 Å². The van der Waals surface area contributed by atoms with E-state index in [4.69, 9.17) is 0 Å². The van der Waals surface area contributed by atoms with Gasteiger partial charge in [-0.2, -0.15) is 0 Å². The second-order valence-electron chi connectivity index (χ2n) is 5.66. The van der Waals surface area contributed by atoms with Gasteiger partial charge in [0.1, 0.15) is 8.07 Å². The van der Waals surface area contributed by atoms with E-state index in [1.807, 2.05) is 0 Å². The Morgan fingerprint density at radius 3 is 1.80 bits per heavy atom. The van der Waals surface area contributed by atoms with Gasteiger partial charge in [0, 0.05) is 9.75 Å². The second-order valence-corrected chi connectivity index (χ2v) is 12.1. The van der Waals surface area contributed by atoms with E-state index in [1.54, 1.807) is 22.7 Å². The third-order valence-corrected chi connectivity index (χ3v) is 12.6. The Morgan fingerprint density at radius 2 is 1.35 bits per heavy atom. The first-order valence-corrected chi connectivity index (χ1v) is 11.0. The summed E-state index contributed by atoms with van der Waals surface area (Å²) < 4.78 is 0. The van der Waals surface area contributed by atoms with Crippen molar-refractivity contribution >= 4 is 53.7 Å². The molecule has 1 saturated heterocycles. The summed E-state index contributed by atoms with van der Waals surface area (Å²) in [5.74, 6) is 0. The fourth-order valence-corrected chi connectivity index (χ4v) is 12.9. The van der Waals surface area contributed by atoms with Gasteiger partial charge in [-0.15, -0.1) is 22.7 Å². The number of thiophene rings is 2. The van der Waals surface area contributed by atoms with Crippen LogP contribution in [0.4, 0.5) is 0 Å². The molecule has 2 aromatic rings. The SMILES string of the molecule is O=Cc1cc2c(s1)-c1sc(C=O)cc1[Si]21CCCCC1. The molecule has 2 aromatic heterocycles. The number of hydrogen-bond acceptors (Lipinski definition) is 4. The molecule has 0 aliphatic carbocycles. The molecule has 0 saturated carbocycles. The Kier molecular flexibility index (Phi) is 2.84. The van der Waals surface area contributed by atoms with Gasteiger partial charge in [0.05, 0.1) is 9.75 Å². The zero-order valence-electron chi connectivity index (χ0n) is 11.0. The van der Waals surface area contributed by atoms with E-state index in [1.165, 1.54) is 51.5 Å². The maximum atomic E-state index is 11.1. The van der Waals surface area contributed by atoms with E-state index in [0.29, 0.717) is 0 Å². The standard InChI is InChI=1S/C15H14O2S2Si/c16-8-10-6-12-14(18-10)15-13(7-11(9-17)19-15)20(12)4-2-1-3-5-20/h6-9H,1-5H2. The number of hydrogen-bond donors (Lipinski definition) is 0. The van der Waals surface area contributed by atoms with Crippen LogP contribution in [0.15, 0.2) is 12.1 Å². The molecule has 0 radical (unpaired) electrons. The highest BCUT2D eigenvalue weighted by Crippen LogP contribution is 2.43. The predicted octanol–water partition coefficient (Wildman–Crippen LogP) is 3.16. The van der Waals surface area contributed by atoms with Crippen LogP contribution in [0.25, 0.3) is 9.75 Å². The van der Waals surface area contributed by atoms with Gasteiger partial charge in [-0.3, -0.25) is 9.59 Å². The summed E-state index contributed by atoms with van der Waals surface area (Å²) in [5, 5.41) is 2.98. The van der Waals surface area contributed by atoms with Crippen molar-refractivity contribution in [1.29, 1.82) is 0 Å². The Balaban J connectivity index is 1.99. The third-order valence-electron chi connectivity index (χ3n) is 4.68. The van der Waals surface area contributed by atoms with E-state index < -0.39 is 8.07 Å². The van der Waals surface area contributed by atoms with Crippen LogP contribution in [0.1, 0.15) is 38.6 Å². The molecule has 102 valence electrons. The lowest BCUT2D eigenvalue weighted by atomic mass is 10.3. The van der Waals surface area contributed by atoms with Crippen LogP contribution in [-0.2, 0) is 0 Å². The normalized spacial score (nSPS) is 18.8. The highest BCUT2D eigenvalue weighted by Gasteiger charge is 2.48. The van der Waals surface area contributed by atoms with E-state index in [-0.39, 0.29) is 0 Å². The molecular weight excluding hydrogens is 304 g/mol. The highest BCUT2D eigenvalue weighted by atomic mass is 32.1. The minimum atomic E-state index is -1.65. The molecule has 20 heavy (non-hydrogen) atoms. The van der Waals surface area contributed by atoms with Crippen molar-refractivity contribution in [3.63, 3.8) is 0 Å². The fraction of sp³-hybridized carbons (Fsp3) is 0.333. The summed E-state index contributed by atoms with van der Waals surface area (Å²) in [6.45, 7) is 0. The topological polar surface area (TPSA) is 34.1 Å². The largest absolute Gasteiger partial charge is 0.297 e. The zero-order chi connectivity index (χ0) is 13.7. The van der Waals surface area contributed by atoms with Gasteiger partial charge in [0.25, 0.3) is 0 Å². The molecule has 1 fully saturated rings. The molecule has 2 nitrogen and oxygen atoms in total. The van der Waals surface area contributed by atoms with E-state index in [0.717, 1.165) is 22.3 Å². The maximum absolute atomic E-state index is 11.1. The first kappa shape index (κ1) is 12.7. The minimum Gasteiger partial charge on any atom is -0.297 e. The molecule has 0 bridgehead atoms. The van der Waals surface area contributed by atoms with E-state index >= 15 is 0 Å². The van der Waals surface area contributed by atoms with E-state index in [9.17, 15) is 9.59 Å². The maximum Gasteiger partial charge on any atom is 0.160 e. The Morgan fingerprint density at radius 1 is 0.850 bits per heavy atom. The summed E-state index contributed by atoms with van der Waals surface area (Å²) in [4.78, 5) is 26.6. The number of fused-ring (bicyclic) bond motifs is 5. The van der Waals surface area contributed by atoms with Crippen molar-refractivity contribution in [2.45, 2.75) is 31.4 Å². The lowest BCUT2D eigenvalue weighted by Gasteiger charge is -2.32. The molecule has 0 aromatic carbocycles. The molecule has 4 heterocycles. The van der Waals surface area contributed by atoms with Crippen LogP contribution in [0.2, 0.25) is 12.1 Å². The van der Waals surface area contributed by atoms with E-state index in [2.05, 4.69) is 12.1 Å². The molecule has 2 aliphatic heterocycles. The van der Waals surface area contributed by atoms with Crippen molar-refractivity contribution in [1.82, 2.24) is 0 Å². The van der Waals surface area contributed by atoms with Crippen molar-refractivity contribution in [3.05, 3.63) is 21.9 Å². The molecule has 0 atom stereocenters. The molecule has 0 amide bonds. The highest BCUT2D eigenvalue weighted by molar-refractivity contribution is 7.30. The lowest BCUT2D eigenvalue weighted by Crippen LogP contribution is -2.55. The van der Waals surface area contributed by atoms with Crippen molar-refractivity contribution in [3.8, 4) is 9.75 Å². The first-order valence-electron chi connectivity index (χ1n) is 6.98. The van der Waals surface area contributed by atoms with Crippen molar-refractivity contribution in [2.24, 2.45) is 0 Å². The molecule has 2 aliphatic rings. The summed E-state index contributed by atoms with van der Waals surface area (Å²) in [6, 6.07) is 6.88. The average molecular weight is 318 g/mol. The summed E-state index contributed by atoms with van der Waals surface area (Å²) in [6.07, 6.45) is 5.87. The van der Waals surface area contributed by atoms with Gasteiger partial charge in [0.2, 0.25) is 0 Å². The van der Waals surface area contributed by atoms with Crippen LogP contribution in [-0.4, -0.2) is 20.6 Å². The lowest BCUT2D eigenvalue weighted by molar-refractivity contribution is 0.111. The summed E-state index contributed by atoms with van der Waals surface area (Å²) in [7, 11) is -1.65. The van der Waals surface area contributed by atoms with Gasteiger partial charge < -0.3 is 0 Å². The molecular formula is C15H14O2S2Si. The quantitative estimate of drug-likeness (QED) is 0.629. The van der Waals surface area contributed by atoms with Crippen LogP contribution in [0.5, 0.6) is 0 Å². The molecule has 4 rings (SSSR count). The van der Waals surface area contributed by atoms with Gasteiger partial charge in [-0.05, 0) is 34.6 Å². The summed E-state index contributed by atoms with van der Waals surface area (Å²) >= 11 is 3.23. The number of carbonyl (C=O) groups excluding carboxylic acids is 2. The number of aldehydes is 2. The zero-order valence-corrected chi connectivity index (χ0v) is 13.6.